The topological polar surface area (TPSA) is 61.2 Å². The smallest absolute Gasteiger partial charge is 0.207 e. The van der Waals surface area contributed by atoms with E-state index in [4.69, 9.17) is 5.26 Å². The van der Waals surface area contributed by atoms with E-state index in [0.717, 1.165) is 9.87 Å². The fourth-order valence-electron chi connectivity index (χ4n) is 1.49. The van der Waals surface area contributed by atoms with Gasteiger partial charge in [0.05, 0.1) is 11.0 Å². The summed E-state index contributed by atoms with van der Waals surface area (Å²) < 4.78 is 25.2. The van der Waals surface area contributed by atoms with Gasteiger partial charge >= 0.3 is 0 Å². The molecule has 18 heavy (non-hydrogen) atoms. The lowest BCUT2D eigenvalue weighted by Gasteiger charge is -2.20. The molecule has 0 aliphatic rings. The summed E-state index contributed by atoms with van der Waals surface area (Å²) in [6.45, 7) is 6.05. The highest BCUT2D eigenvalue weighted by molar-refractivity contribution is 7.89. The first-order chi connectivity index (χ1) is 8.19. The third-order valence-corrected chi connectivity index (χ3v) is 4.54. The predicted octanol–water partition coefficient (Wildman–Crippen LogP) is 2.13. The monoisotopic (exact) mass is 266 g/mol. The van der Waals surface area contributed by atoms with Crippen molar-refractivity contribution in [2.75, 3.05) is 13.6 Å². The zero-order chi connectivity index (χ0) is 14.0. The van der Waals surface area contributed by atoms with Crippen molar-refractivity contribution in [1.82, 2.24) is 4.31 Å². The summed E-state index contributed by atoms with van der Waals surface area (Å²) in [5.74, 6) is 0. The van der Waals surface area contributed by atoms with Crippen LogP contribution < -0.4 is 0 Å². The molecular formula is C13H18N2O2S. The van der Waals surface area contributed by atoms with Crippen LogP contribution in [0.2, 0.25) is 0 Å². The number of benzene rings is 1. The molecular weight excluding hydrogens is 248 g/mol. The number of rotatable bonds is 3. The zero-order valence-electron chi connectivity index (χ0n) is 11.1. The van der Waals surface area contributed by atoms with Gasteiger partial charge in [-0.15, -0.1) is 0 Å². The standard InChI is InChI=1S/C13H18N2O2S/c1-13(2,3)11-5-7-12(8-6-11)18(16,17)15(4)10-9-14/h5-8H,10H2,1-4H3. The van der Waals surface area contributed by atoms with Gasteiger partial charge in [-0.05, 0) is 23.1 Å². The molecule has 0 saturated carbocycles. The van der Waals surface area contributed by atoms with E-state index in [9.17, 15) is 8.42 Å². The minimum atomic E-state index is -3.55. The van der Waals surface area contributed by atoms with E-state index < -0.39 is 10.0 Å². The van der Waals surface area contributed by atoms with Crippen molar-refractivity contribution in [2.24, 2.45) is 0 Å². The predicted molar refractivity (Wildman–Crippen MR) is 70.6 cm³/mol. The van der Waals surface area contributed by atoms with Crippen LogP contribution in [0.3, 0.4) is 0 Å². The minimum absolute atomic E-state index is 0.0130. The molecule has 0 bridgehead atoms. The van der Waals surface area contributed by atoms with Crippen molar-refractivity contribution in [1.29, 1.82) is 5.26 Å². The van der Waals surface area contributed by atoms with Gasteiger partial charge in [0.1, 0.15) is 6.54 Å². The highest BCUT2D eigenvalue weighted by atomic mass is 32.2. The fraction of sp³-hybridized carbons (Fsp3) is 0.462. The van der Waals surface area contributed by atoms with Crippen LogP contribution >= 0.6 is 0 Å². The Bertz CT molecular complexity index is 548. The van der Waals surface area contributed by atoms with Crippen LogP contribution in [0.5, 0.6) is 0 Å². The van der Waals surface area contributed by atoms with E-state index in [-0.39, 0.29) is 16.9 Å². The summed E-state index contributed by atoms with van der Waals surface area (Å²) in [5.41, 5.74) is 1.06. The van der Waals surface area contributed by atoms with E-state index in [2.05, 4.69) is 20.8 Å². The van der Waals surface area contributed by atoms with E-state index in [1.54, 1.807) is 12.1 Å². The van der Waals surface area contributed by atoms with Crippen LogP contribution in [0.25, 0.3) is 0 Å². The van der Waals surface area contributed by atoms with Gasteiger partial charge in [-0.3, -0.25) is 0 Å². The molecule has 1 aromatic carbocycles. The summed E-state index contributed by atoms with van der Waals surface area (Å²) >= 11 is 0. The fourth-order valence-corrected chi connectivity index (χ4v) is 2.56. The van der Waals surface area contributed by atoms with Crippen molar-refractivity contribution in [3.8, 4) is 6.07 Å². The first kappa shape index (κ1) is 14.7. The summed E-state index contributed by atoms with van der Waals surface area (Å²) in [6, 6.07) is 8.63. The van der Waals surface area contributed by atoms with Gasteiger partial charge in [0.2, 0.25) is 10.0 Å². The average molecular weight is 266 g/mol. The zero-order valence-corrected chi connectivity index (χ0v) is 12.0. The molecule has 98 valence electrons. The van der Waals surface area contributed by atoms with Gasteiger partial charge in [0, 0.05) is 7.05 Å². The van der Waals surface area contributed by atoms with Gasteiger partial charge in [0.15, 0.2) is 0 Å². The van der Waals surface area contributed by atoms with Crippen molar-refractivity contribution in [3.63, 3.8) is 0 Å². The molecule has 0 aliphatic carbocycles. The van der Waals surface area contributed by atoms with E-state index in [1.807, 2.05) is 18.2 Å². The first-order valence-electron chi connectivity index (χ1n) is 5.63. The highest BCUT2D eigenvalue weighted by Crippen LogP contribution is 2.24. The number of sulfonamides is 1. The Morgan fingerprint density at radius 1 is 1.22 bits per heavy atom. The Hall–Kier alpha value is -1.38. The van der Waals surface area contributed by atoms with Gasteiger partial charge < -0.3 is 0 Å². The Balaban J connectivity index is 3.10. The number of nitrogens with zero attached hydrogens (tertiary/aromatic N) is 2. The Morgan fingerprint density at radius 3 is 2.11 bits per heavy atom. The summed E-state index contributed by atoms with van der Waals surface area (Å²) in [5, 5.41) is 8.54. The summed E-state index contributed by atoms with van der Waals surface area (Å²) in [6.07, 6.45) is 0. The Kier molecular flexibility index (Phi) is 4.15. The van der Waals surface area contributed by atoms with Crippen molar-refractivity contribution < 1.29 is 8.42 Å². The van der Waals surface area contributed by atoms with Gasteiger partial charge in [0.25, 0.3) is 0 Å². The Morgan fingerprint density at radius 2 is 1.72 bits per heavy atom. The average Bonchev–Trinajstić information content (AvgIpc) is 2.28. The van der Waals surface area contributed by atoms with Gasteiger partial charge in [-0.2, -0.15) is 9.57 Å². The molecule has 0 unspecified atom stereocenters. The molecule has 0 N–H and O–H groups in total. The lowest BCUT2D eigenvalue weighted by molar-refractivity contribution is 0.501. The van der Waals surface area contributed by atoms with Crippen LogP contribution in [-0.2, 0) is 15.4 Å². The molecule has 0 aromatic heterocycles. The third kappa shape index (κ3) is 3.09. The molecule has 1 rings (SSSR count). The molecule has 0 heterocycles. The van der Waals surface area contributed by atoms with Crippen LogP contribution in [0.15, 0.2) is 29.2 Å². The van der Waals surface area contributed by atoms with Crippen molar-refractivity contribution in [3.05, 3.63) is 29.8 Å². The van der Waals surface area contributed by atoms with Crippen LogP contribution in [0, 0.1) is 11.3 Å². The van der Waals surface area contributed by atoms with Gasteiger partial charge in [-0.25, -0.2) is 8.42 Å². The molecule has 0 spiro atoms. The molecule has 0 amide bonds. The second-order valence-corrected chi connectivity index (χ2v) is 7.24. The molecule has 5 heteroatoms. The SMILES string of the molecule is CN(CC#N)S(=O)(=O)c1ccc(C(C)(C)C)cc1. The first-order valence-corrected chi connectivity index (χ1v) is 7.07. The number of nitriles is 1. The van der Waals surface area contributed by atoms with Crippen LogP contribution in [0.4, 0.5) is 0 Å². The Labute approximate surface area is 109 Å². The van der Waals surface area contributed by atoms with E-state index in [1.165, 1.54) is 7.05 Å². The van der Waals surface area contributed by atoms with Crippen LogP contribution in [0.1, 0.15) is 26.3 Å². The van der Waals surface area contributed by atoms with E-state index >= 15 is 0 Å². The molecule has 0 radical (unpaired) electrons. The molecule has 1 aromatic rings. The highest BCUT2D eigenvalue weighted by Gasteiger charge is 2.21. The molecule has 0 fully saturated rings. The lowest BCUT2D eigenvalue weighted by Crippen LogP contribution is -2.27. The quantitative estimate of drug-likeness (QED) is 0.787. The van der Waals surface area contributed by atoms with Crippen molar-refractivity contribution in [2.45, 2.75) is 31.1 Å². The van der Waals surface area contributed by atoms with Crippen molar-refractivity contribution >= 4 is 10.0 Å². The molecule has 0 aliphatic heterocycles. The lowest BCUT2D eigenvalue weighted by atomic mass is 9.87. The molecule has 0 saturated heterocycles. The maximum atomic E-state index is 12.1. The maximum absolute atomic E-state index is 12.1. The van der Waals surface area contributed by atoms with Crippen LogP contribution in [-0.4, -0.2) is 26.3 Å². The third-order valence-electron chi connectivity index (χ3n) is 2.72. The van der Waals surface area contributed by atoms with E-state index in [0.29, 0.717) is 0 Å². The normalized spacial score (nSPS) is 12.4. The number of hydrogen-bond acceptors (Lipinski definition) is 3. The second kappa shape index (κ2) is 5.09. The molecule has 4 nitrogen and oxygen atoms in total. The molecule has 0 atom stereocenters. The minimum Gasteiger partial charge on any atom is -0.207 e. The van der Waals surface area contributed by atoms with Gasteiger partial charge in [-0.1, -0.05) is 32.9 Å². The maximum Gasteiger partial charge on any atom is 0.243 e. The second-order valence-electron chi connectivity index (χ2n) is 5.19. The summed E-state index contributed by atoms with van der Waals surface area (Å²) in [7, 11) is -2.15. The number of hydrogen-bond donors (Lipinski definition) is 0. The largest absolute Gasteiger partial charge is 0.243 e. The summed E-state index contributed by atoms with van der Waals surface area (Å²) in [4.78, 5) is 0.216.